The predicted molar refractivity (Wildman–Crippen MR) is 55.4 cm³/mol. The summed E-state index contributed by atoms with van der Waals surface area (Å²) < 4.78 is 0. The molecule has 1 rings (SSSR count). The lowest BCUT2D eigenvalue weighted by molar-refractivity contribution is 0.298. The van der Waals surface area contributed by atoms with Crippen molar-refractivity contribution in [2.24, 2.45) is 5.92 Å². The summed E-state index contributed by atoms with van der Waals surface area (Å²) in [5, 5.41) is 12.3. The third-order valence-electron chi connectivity index (χ3n) is 2.79. The zero-order valence-electron chi connectivity index (χ0n) is 8.55. The van der Waals surface area contributed by atoms with E-state index < -0.39 is 0 Å². The maximum Gasteiger partial charge on any atom is 0.0661 e. The highest BCUT2D eigenvalue weighted by atomic mass is 16.3. The first-order valence-corrected chi connectivity index (χ1v) is 5.41. The van der Waals surface area contributed by atoms with Crippen LogP contribution in [-0.2, 0) is 0 Å². The van der Waals surface area contributed by atoms with Gasteiger partial charge in [0.05, 0.1) is 6.61 Å². The summed E-state index contributed by atoms with van der Waals surface area (Å²) in [4.78, 5) is 0. The standard InChI is InChI=1S/C11H21NO/c1-2-3-4-5-10-6-7-12-8-11(10)9-13/h8,10,12-13H,2-7,9H2,1H3. The van der Waals surface area contributed by atoms with Crippen molar-refractivity contribution in [2.75, 3.05) is 13.2 Å². The topological polar surface area (TPSA) is 32.3 Å². The predicted octanol–water partition coefficient (Wildman–Crippen LogP) is 2.05. The lowest BCUT2D eigenvalue weighted by Gasteiger charge is -2.23. The largest absolute Gasteiger partial charge is 0.392 e. The SMILES string of the molecule is CCCCCC1CCNC=C1CO. The highest BCUT2D eigenvalue weighted by molar-refractivity contribution is 5.09. The molecule has 1 aliphatic rings. The van der Waals surface area contributed by atoms with Crippen LogP contribution in [-0.4, -0.2) is 18.3 Å². The van der Waals surface area contributed by atoms with E-state index in [0.717, 1.165) is 6.54 Å². The summed E-state index contributed by atoms with van der Waals surface area (Å²) in [6.45, 7) is 3.52. The second kappa shape index (κ2) is 6.03. The number of nitrogens with one attached hydrogen (secondary N) is 1. The van der Waals surface area contributed by atoms with Crippen LogP contribution in [0.25, 0.3) is 0 Å². The average molecular weight is 183 g/mol. The second-order valence-electron chi connectivity index (χ2n) is 3.81. The van der Waals surface area contributed by atoms with E-state index in [1.165, 1.54) is 37.7 Å². The van der Waals surface area contributed by atoms with Crippen LogP contribution in [0.15, 0.2) is 11.8 Å². The quantitative estimate of drug-likeness (QED) is 0.639. The van der Waals surface area contributed by atoms with Gasteiger partial charge in [-0.25, -0.2) is 0 Å². The van der Waals surface area contributed by atoms with Crippen LogP contribution in [0, 0.1) is 5.92 Å². The Morgan fingerprint density at radius 1 is 1.54 bits per heavy atom. The molecule has 0 saturated heterocycles. The van der Waals surface area contributed by atoms with Gasteiger partial charge >= 0.3 is 0 Å². The maximum absolute atomic E-state index is 9.11. The van der Waals surface area contributed by atoms with Crippen LogP contribution in [0.1, 0.15) is 39.0 Å². The van der Waals surface area contributed by atoms with Crippen LogP contribution in [0.3, 0.4) is 0 Å². The lowest BCUT2D eigenvalue weighted by atomic mass is 9.89. The van der Waals surface area contributed by atoms with Crippen molar-refractivity contribution in [3.63, 3.8) is 0 Å². The smallest absolute Gasteiger partial charge is 0.0661 e. The molecule has 1 unspecified atom stereocenters. The number of aliphatic hydroxyl groups excluding tert-OH is 1. The molecule has 0 spiro atoms. The van der Waals surface area contributed by atoms with Gasteiger partial charge < -0.3 is 10.4 Å². The molecule has 0 radical (unpaired) electrons. The van der Waals surface area contributed by atoms with Crippen molar-refractivity contribution in [2.45, 2.75) is 39.0 Å². The van der Waals surface area contributed by atoms with Crippen molar-refractivity contribution in [3.8, 4) is 0 Å². The Bertz CT molecular complexity index is 165. The second-order valence-corrected chi connectivity index (χ2v) is 3.81. The number of rotatable bonds is 5. The van der Waals surface area contributed by atoms with Crippen LogP contribution in [0.4, 0.5) is 0 Å². The van der Waals surface area contributed by atoms with E-state index in [1.54, 1.807) is 0 Å². The Morgan fingerprint density at radius 2 is 2.38 bits per heavy atom. The van der Waals surface area contributed by atoms with Gasteiger partial charge in [-0.15, -0.1) is 0 Å². The molecule has 1 heterocycles. The third-order valence-corrected chi connectivity index (χ3v) is 2.79. The van der Waals surface area contributed by atoms with Gasteiger partial charge in [0.15, 0.2) is 0 Å². The minimum absolute atomic E-state index is 0.226. The highest BCUT2D eigenvalue weighted by Gasteiger charge is 2.15. The molecule has 0 amide bonds. The molecule has 1 aliphatic heterocycles. The maximum atomic E-state index is 9.11. The van der Waals surface area contributed by atoms with Crippen LogP contribution in [0.2, 0.25) is 0 Å². The van der Waals surface area contributed by atoms with Crippen molar-refractivity contribution in [1.82, 2.24) is 5.32 Å². The molecule has 0 fully saturated rings. The van der Waals surface area contributed by atoms with E-state index in [4.69, 9.17) is 5.11 Å². The Hall–Kier alpha value is -0.500. The van der Waals surface area contributed by atoms with E-state index in [-0.39, 0.29) is 6.61 Å². The molecule has 2 nitrogen and oxygen atoms in total. The molecule has 2 heteroatoms. The molecule has 0 aromatic carbocycles. The summed E-state index contributed by atoms with van der Waals surface area (Å²) in [6.07, 6.45) is 8.35. The molecule has 0 bridgehead atoms. The molecule has 76 valence electrons. The van der Waals surface area contributed by atoms with Gasteiger partial charge in [-0.05, 0) is 30.5 Å². The molecule has 2 N–H and O–H groups in total. The summed E-state index contributed by atoms with van der Waals surface area (Å²) >= 11 is 0. The molecule has 0 aromatic heterocycles. The van der Waals surface area contributed by atoms with Gasteiger partial charge in [0.2, 0.25) is 0 Å². The van der Waals surface area contributed by atoms with Gasteiger partial charge in [0.1, 0.15) is 0 Å². The zero-order chi connectivity index (χ0) is 9.52. The van der Waals surface area contributed by atoms with Gasteiger partial charge in [-0.1, -0.05) is 26.2 Å². The summed E-state index contributed by atoms with van der Waals surface area (Å²) in [7, 11) is 0. The lowest BCUT2D eigenvalue weighted by Crippen LogP contribution is -2.23. The van der Waals surface area contributed by atoms with E-state index in [1.807, 2.05) is 6.20 Å². The monoisotopic (exact) mass is 183 g/mol. The number of hydrogen-bond donors (Lipinski definition) is 2. The molecule has 13 heavy (non-hydrogen) atoms. The Balaban J connectivity index is 2.29. The van der Waals surface area contributed by atoms with Crippen molar-refractivity contribution >= 4 is 0 Å². The number of unbranched alkanes of at least 4 members (excludes halogenated alkanes) is 2. The minimum Gasteiger partial charge on any atom is -0.392 e. The van der Waals surface area contributed by atoms with E-state index in [2.05, 4.69) is 12.2 Å². The normalized spacial score (nSPS) is 22.3. The van der Waals surface area contributed by atoms with Gasteiger partial charge in [0.25, 0.3) is 0 Å². The van der Waals surface area contributed by atoms with Crippen molar-refractivity contribution in [3.05, 3.63) is 11.8 Å². The number of aliphatic hydroxyl groups is 1. The van der Waals surface area contributed by atoms with Gasteiger partial charge in [-0.3, -0.25) is 0 Å². The fourth-order valence-electron chi connectivity index (χ4n) is 1.91. The van der Waals surface area contributed by atoms with Crippen molar-refractivity contribution < 1.29 is 5.11 Å². The Morgan fingerprint density at radius 3 is 3.08 bits per heavy atom. The Kier molecular flexibility index (Phi) is 4.91. The first-order valence-electron chi connectivity index (χ1n) is 5.41. The first-order chi connectivity index (χ1) is 6.38. The first kappa shape index (κ1) is 10.6. The number of hydrogen-bond acceptors (Lipinski definition) is 2. The van der Waals surface area contributed by atoms with Gasteiger partial charge in [0, 0.05) is 6.54 Å². The molecular weight excluding hydrogens is 162 g/mol. The molecule has 0 aliphatic carbocycles. The summed E-state index contributed by atoms with van der Waals surface area (Å²) in [5.74, 6) is 0.637. The molecular formula is C11H21NO. The molecule has 0 aromatic rings. The molecule has 0 saturated carbocycles. The molecule has 1 atom stereocenters. The summed E-state index contributed by atoms with van der Waals surface area (Å²) in [6, 6.07) is 0. The van der Waals surface area contributed by atoms with Crippen LogP contribution in [0.5, 0.6) is 0 Å². The van der Waals surface area contributed by atoms with E-state index in [0.29, 0.717) is 5.92 Å². The van der Waals surface area contributed by atoms with E-state index in [9.17, 15) is 0 Å². The Labute approximate surface area is 81.0 Å². The third kappa shape index (κ3) is 3.39. The average Bonchev–Trinajstić information content (AvgIpc) is 2.19. The highest BCUT2D eigenvalue weighted by Crippen LogP contribution is 2.23. The zero-order valence-corrected chi connectivity index (χ0v) is 8.55. The van der Waals surface area contributed by atoms with Crippen LogP contribution < -0.4 is 5.32 Å². The fourth-order valence-corrected chi connectivity index (χ4v) is 1.91. The van der Waals surface area contributed by atoms with Crippen LogP contribution >= 0.6 is 0 Å². The van der Waals surface area contributed by atoms with E-state index >= 15 is 0 Å². The summed E-state index contributed by atoms with van der Waals surface area (Å²) in [5.41, 5.74) is 1.20. The fraction of sp³-hybridized carbons (Fsp3) is 0.818. The minimum atomic E-state index is 0.226. The van der Waals surface area contributed by atoms with Gasteiger partial charge in [-0.2, -0.15) is 0 Å². The van der Waals surface area contributed by atoms with Crippen molar-refractivity contribution in [1.29, 1.82) is 0 Å².